The van der Waals surface area contributed by atoms with Gasteiger partial charge >= 0.3 is 0 Å². The van der Waals surface area contributed by atoms with Crippen LogP contribution in [-0.2, 0) is 11.3 Å². The van der Waals surface area contributed by atoms with Crippen molar-refractivity contribution in [2.75, 3.05) is 5.73 Å². The lowest BCUT2D eigenvalue weighted by Crippen LogP contribution is -2.23. The van der Waals surface area contributed by atoms with E-state index in [-0.39, 0.29) is 11.7 Å². The molecule has 4 nitrogen and oxygen atoms in total. The van der Waals surface area contributed by atoms with Gasteiger partial charge < -0.3 is 10.5 Å². The van der Waals surface area contributed by atoms with Crippen LogP contribution in [0.25, 0.3) is 0 Å². The number of halogens is 1. The lowest BCUT2D eigenvalue weighted by molar-refractivity contribution is -0.0229. The summed E-state index contributed by atoms with van der Waals surface area (Å²) in [6, 6.07) is 0. The maximum absolute atomic E-state index is 5.88. The molecule has 5 heteroatoms. The summed E-state index contributed by atoms with van der Waals surface area (Å²) < 4.78 is 8.57. The molecule has 1 fully saturated rings. The van der Waals surface area contributed by atoms with Gasteiger partial charge in [-0.25, -0.2) is 0 Å². The smallest absolute Gasteiger partial charge is 0.159 e. The first-order valence-corrected chi connectivity index (χ1v) is 5.92. The highest BCUT2D eigenvalue weighted by Crippen LogP contribution is 2.30. The second-order valence-corrected chi connectivity index (χ2v) is 5.48. The number of aromatic nitrogens is 2. The molecule has 0 bridgehead atoms. The Hall–Kier alpha value is -0.550. The van der Waals surface area contributed by atoms with E-state index in [1.165, 1.54) is 0 Å². The van der Waals surface area contributed by atoms with Crippen LogP contribution >= 0.6 is 15.9 Å². The van der Waals surface area contributed by atoms with Crippen molar-refractivity contribution in [2.45, 2.75) is 44.9 Å². The van der Waals surface area contributed by atoms with Gasteiger partial charge in [-0.15, -0.1) is 0 Å². The molecule has 2 N–H and O–H groups in total. The predicted octanol–water partition coefficient (Wildman–Crippen LogP) is 2.19. The lowest BCUT2D eigenvalue weighted by atomic mass is 10.1. The molecule has 1 aromatic rings. The number of hydrogen-bond acceptors (Lipinski definition) is 3. The molecule has 0 spiro atoms. The summed E-state index contributed by atoms with van der Waals surface area (Å²) in [7, 11) is 0. The number of rotatable bonds is 2. The van der Waals surface area contributed by atoms with Crippen LogP contribution in [0.5, 0.6) is 0 Å². The summed E-state index contributed by atoms with van der Waals surface area (Å²) in [6.45, 7) is 5.03. The Morgan fingerprint density at radius 2 is 2.47 bits per heavy atom. The Balaban J connectivity index is 1.98. The van der Waals surface area contributed by atoms with Gasteiger partial charge in [-0.1, -0.05) is 0 Å². The van der Waals surface area contributed by atoms with Crippen molar-refractivity contribution < 1.29 is 4.74 Å². The zero-order valence-corrected chi connectivity index (χ0v) is 10.6. The van der Waals surface area contributed by atoms with Gasteiger partial charge in [-0.2, -0.15) is 5.10 Å². The Morgan fingerprint density at radius 1 is 1.73 bits per heavy atom. The molecule has 15 heavy (non-hydrogen) atoms. The number of nitrogens with zero attached hydrogens (tertiary/aromatic N) is 2. The first kappa shape index (κ1) is 11.0. The summed E-state index contributed by atoms with van der Waals surface area (Å²) in [5, 5.41) is 4.19. The molecular formula is C10H16BrN3O. The average molecular weight is 274 g/mol. The number of nitrogen functional groups attached to an aromatic ring is 1. The maximum Gasteiger partial charge on any atom is 0.159 e. The fourth-order valence-corrected chi connectivity index (χ4v) is 2.24. The van der Waals surface area contributed by atoms with Crippen molar-refractivity contribution in [1.29, 1.82) is 0 Å². The molecule has 1 aliphatic rings. The average Bonchev–Trinajstić information content (AvgIpc) is 2.58. The third-order valence-corrected chi connectivity index (χ3v) is 3.30. The Morgan fingerprint density at radius 3 is 2.93 bits per heavy atom. The quantitative estimate of drug-likeness (QED) is 0.899. The zero-order valence-electron chi connectivity index (χ0n) is 9.03. The SMILES string of the molecule is CC1(C)CCC(Cn2cc(Br)c(N)n2)O1. The summed E-state index contributed by atoms with van der Waals surface area (Å²) in [5.74, 6) is 0.534. The minimum Gasteiger partial charge on any atom is -0.381 e. The minimum absolute atomic E-state index is 0.0145. The van der Waals surface area contributed by atoms with Crippen LogP contribution in [0.15, 0.2) is 10.7 Å². The number of nitrogens with two attached hydrogens (primary N) is 1. The van der Waals surface area contributed by atoms with Crippen LogP contribution in [0, 0.1) is 0 Å². The van der Waals surface area contributed by atoms with Crippen LogP contribution in [0.2, 0.25) is 0 Å². The Kier molecular flexibility index (Phi) is 2.77. The van der Waals surface area contributed by atoms with Crippen LogP contribution in [-0.4, -0.2) is 21.5 Å². The monoisotopic (exact) mass is 273 g/mol. The maximum atomic E-state index is 5.88. The molecule has 0 amide bonds. The van der Waals surface area contributed by atoms with E-state index in [9.17, 15) is 0 Å². The van der Waals surface area contributed by atoms with Gasteiger partial charge in [0.2, 0.25) is 0 Å². The fraction of sp³-hybridized carbons (Fsp3) is 0.700. The van der Waals surface area contributed by atoms with Gasteiger partial charge in [0.25, 0.3) is 0 Å². The molecule has 1 aliphatic heterocycles. The molecular weight excluding hydrogens is 258 g/mol. The summed E-state index contributed by atoms with van der Waals surface area (Å²) in [6.07, 6.45) is 4.34. The second-order valence-electron chi connectivity index (χ2n) is 4.62. The number of anilines is 1. The molecule has 1 saturated heterocycles. The molecule has 0 aromatic carbocycles. The minimum atomic E-state index is 0.0145. The third kappa shape index (κ3) is 2.52. The third-order valence-electron chi connectivity index (χ3n) is 2.69. The van der Waals surface area contributed by atoms with Gasteiger partial charge in [0, 0.05) is 6.20 Å². The van der Waals surface area contributed by atoms with E-state index in [4.69, 9.17) is 10.5 Å². The van der Waals surface area contributed by atoms with Crippen LogP contribution in [0.1, 0.15) is 26.7 Å². The van der Waals surface area contributed by atoms with E-state index < -0.39 is 0 Å². The van der Waals surface area contributed by atoms with Crippen molar-refractivity contribution in [2.24, 2.45) is 0 Å². The van der Waals surface area contributed by atoms with Crippen molar-refractivity contribution in [3.8, 4) is 0 Å². The lowest BCUT2D eigenvalue weighted by Gasteiger charge is -2.19. The zero-order chi connectivity index (χ0) is 11.1. The molecule has 84 valence electrons. The van der Waals surface area contributed by atoms with Crippen molar-refractivity contribution >= 4 is 21.7 Å². The standard InChI is InChI=1S/C10H16BrN3O/c1-10(2)4-3-7(15-10)5-14-6-8(11)9(12)13-14/h6-7H,3-5H2,1-2H3,(H2,12,13). The topological polar surface area (TPSA) is 53.1 Å². The van der Waals surface area contributed by atoms with Crippen molar-refractivity contribution in [1.82, 2.24) is 9.78 Å². The fourth-order valence-electron chi connectivity index (χ4n) is 1.92. The van der Waals surface area contributed by atoms with Crippen LogP contribution in [0.3, 0.4) is 0 Å². The molecule has 1 atom stereocenters. The molecule has 0 saturated carbocycles. The Bertz CT molecular complexity index is 342. The molecule has 1 aromatic heterocycles. The highest BCUT2D eigenvalue weighted by atomic mass is 79.9. The first-order valence-electron chi connectivity index (χ1n) is 5.12. The van der Waals surface area contributed by atoms with E-state index in [0.717, 1.165) is 23.9 Å². The van der Waals surface area contributed by atoms with Gasteiger partial charge in [-0.05, 0) is 42.6 Å². The van der Waals surface area contributed by atoms with E-state index in [1.807, 2.05) is 10.9 Å². The van der Waals surface area contributed by atoms with Crippen LogP contribution < -0.4 is 5.73 Å². The predicted molar refractivity (Wildman–Crippen MR) is 62.5 cm³/mol. The summed E-state index contributed by atoms with van der Waals surface area (Å²) in [4.78, 5) is 0. The molecule has 2 heterocycles. The molecule has 2 rings (SSSR count). The van der Waals surface area contributed by atoms with Crippen LogP contribution in [0.4, 0.5) is 5.82 Å². The normalized spacial score (nSPS) is 24.6. The summed E-state index contributed by atoms with van der Waals surface area (Å²) in [5.41, 5.74) is 5.66. The first-order chi connectivity index (χ1) is 6.96. The molecule has 1 unspecified atom stereocenters. The van der Waals surface area contributed by atoms with Crippen molar-refractivity contribution in [3.05, 3.63) is 10.7 Å². The van der Waals surface area contributed by atoms with Gasteiger partial charge in [0.1, 0.15) is 0 Å². The van der Waals surface area contributed by atoms with E-state index in [1.54, 1.807) is 0 Å². The van der Waals surface area contributed by atoms with E-state index >= 15 is 0 Å². The molecule has 0 radical (unpaired) electrons. The largest absolute Gasteiger partial charge is 0.381 e. The Labute approximate surface area is 97.9 Å². The summed E-state index contributed by atoms with van der Waals surface area (Å²) >= 11 is 3.34. The van der Waals surface area contributed by atoms with Gasteiger partial charge in [-0.3, -0.25) is 4.68 Å². The van der Waals surface area contributed by atoms with Gasteiger partial charge in [0.15, 0.2) is 5.82 Å². The van der Waals surface area contributed by atoms with Gasteiger partial charge in [0.05, 0.1) is 22.7 Å². The van der Waals surface area contributed by atoms with Crippen molar-refractivity contribution in [3.63, 3.8) is 0 Å². The molecule has 0 aliphatic carbocycles. The highest BCUT2D eigenvalue weighted by molar-refractivity contribution is 9.10. The van der Waals surface area contributed by atoms with E-state index in [0.29, 0.717) is 5.82 Å². The second kappa shape index (κ2) is 3.79. The number of ether oxygens (including phenoxy) is 1. The highest BCUT2D eigenvalue weighted by Gasteiger charge is 2.31. The van der Waals surface area contributed by atoms with E-state index in [2.05, 4.69) is 34.9 Å². The number of hydrogen-bond donors (Lipinski definition) is 1.